The molecule has 0 spiro atoms. The standard InChI is InChI=1S/C11H14ClFO/c1-3-4-11(14)8-5-7(2)9(12)6-10(8)13/h5-6,11,14H,3-4H2,1-2H3. The second-order valence-electron chi connectivity index (χ2n) is 3.43. The Hall–Kier alpha value is -0.600. The molecule has 0 saturated heterocycles. The Morgan fingerprint density at radius 2 is 2.14 bits per heavy atom. The lowest BCUT2D eigenvalue weighted by molar-refractivity contribution is 0.162. The summed E-state index contributed by atoms with van der Waals surface area (Å²) in [6, 6.07) is 2.86. The van der Waals surface area contributed by atoms with E-state index in [0.717, 1.165) is 12.0 Å². The second kappa shape index (κ2) is 4.76. The molecule has 78 valence electrons. The fourth-order valence-corrected chi connectivity index (χ4v) is 1.51. The molecule has 0 amide bonds. The fourth-order valence-electron chi connectivity index (χ4n) is 1.36. The minimum absolute atomic E-state index is 0.341. The molecule has 0 aliphatic carbocycles. The average molecular weight is 217 g/mol. The van der Waals surface area contributed by atoms with Gasteiger partial charge in [0.15, 0.2) is 0 Å². The highest BCUT2D eigenvalue weighted by atomic mass is 35.5. The summed E-state index contributed by atoms with van der Waals surface area (Å²) < 4.78 is 13.4. The van der Waals surface area contributed by atoms with E-state index in [-0.39, 0.29) is 0 Å². The smallest absolute Gasteiger partial charge is 0.130 e. The van der Waals surface area contributed by atoms with Crippen molar-refractivity contribution in [1.82, 2.24) is 0 Å². The van der Waals surface area contributed by atoms with Gasteiger partial charge in [0.1, 0.15) is 5.82 Å². The van der Waals surface area contributed by atoms with E-state index in [9.17, 15) is 9.50 Å². The van der Waals surface area contributed by atoms with Crippen molar-refractivity contribution < 1.29 is 9.50 Å². The molecule has 1 atom stereocenters. The second-order valence-corrected chi connectivity index (χ2v) is 3.83. The Kier molecular flexibility index (Phi) is 3.90. The van der Waals surface area contributed by atoms with Gasteiger partial charge in [0.2, 0.25) is 0 Å². The van der Waals surface area contributed by atoms with Gasteiger partial charge in [-0.3, -0.25) is 0 Å². The zero-order valence-electron chi connectivity index (χ0n) is 8.35. The lowest BCUT2D eigenvalue weighted by Crippen LogP contribution is -2.01. The van der Waals surface area contributed by atoms with E-state index in [4.69, 9.17) is 11.6 Å². The highest BCUT2D eigenvalue weighted by Crippen LogP contribution is 2.26. The van der Waals surface area contributed by atoms with Gasteiger partial charge in [-0.05, 0) is 31.0 Å². The zero-order chi connectivity index (χ0) is 10.7. The van der Waals surface area contributed by atoms with Crippen molar-refractivity contribution in [3.05, 3.63) is 34.1 Å². The summed E-state index contributed by atoms with van der Waals surface area (Å²) in [6.07, 6.45) is 0.663. The molecule has 0 radical (unpaired) electrons. The van der Waals surface area contributed by atoms with Gasteiger partial charge in [0, 0.05) is 10.6 Å². The summed E-state index contributed by atoms with van der Waals surface area (Å²) in [5.41, 5.74) is 1.13. The first-order valence-corrected chi connectivity index (χ1v) is 5.07. The number of aliphatic hydroxyl groups excluding tert-OH is 1. The third kappa shape index (κ3) is 2.46. The highest BCUT2D eigenvalue weighted by molar-refractivity contribution is 6.31. The topological polar surface area (TPSA) is 20.2 Å². The molecule has 1 unspecified atom stereocenters. The Balaban J connectivity index is 3.02. The van der Waals surface area contributed by atoms with Gasteiger partial charge in [-0.15, -0.1) is 0 Å². The van der Waals surface area contributed by atoms with Crippen molar-refractivity contribution in [1.29, 1.82) is 0 Å². The monoisotopic (exact) mass is 216 g/mol. The molecule has 1 rings (SSSR count). The number of aliphatic hydroxyl groups is 1. The van der Waals surface area contributed by atoms with Crippen molar-refractivity contribution in [2.75, 3.05) is 0 Å². The molecule has 0 aliphatic rings. The third-order valence-corrected chi connectivity index (χ3v) is 2.61. The molecular weight excluding hydrogens is 203 g/mol. The van der Waals surface area contributed by atoms with Crippen LogP contribution in [-0.4, -0.2) is 5.11 Å². The predicted molar refractivity (Wildman–Crippen MR) is 56.0 cm³/mol. The van der Waals surface area contributed by atoms with Gasteiger partial charge in [-0.2, -0.15) is 0 Å². The van der Waals surface area contributed by atoms with Gasteiger partial charge < -0.3 is 5.11 Å². The lowest BCUT2D eigenvalue weighted by atomic mass is 10.0. The quantitative estimate of drug-likeness (QED) is 0.818. The SMILES string of the molecule is CCCC(O)c1cc(C)c(Cl)cc1F. The summed E-state index contributed by atoms with van der Waals surface area (Å²) in [7, 11) is 0. The van der Waals surface area contributed by atoms with E-state index < -0.39 is 11.9 Å². The van der Waals surface area contributed by atoms with E-state index >= 15 is 0 Å². The van der Waals surface area contributed by atoms with Crippen LogP contribution in [0.2, 0.25) is 5.02 Å². The number of hydrogen-bond donors (Lipinski definition) is 1. The maximum absolute atomic E-state index is 13.4. The van der Waals surface area contributed by atoms with Crippen LogP contribution >= 0.6 is 11.6 Å². The van der Waals surface area contributed by atoms with Crippen LogP contribution in [0.1, 0.15) is 37.0 Å². The van der Waals surface area contributed by atoms with Crippen molar-refractivity contribution in [2.45, 2.75) is 32.8 Å². The molecule has 1 aromatic carbocycles. The van der Waals surface area contributed by atoms with Crippen molar-refractivity contribution in [3.63, 3.8) is 0 Å². The molecule has 0 aromatic heterocycles. The molecule has 1 aromatic rings. The first-order chi connectivity index (χ1) is 6.56. The van der Waals surface area contributed by atoms with Crippen LogP contribution in [0.3, 0.4) is 0 Å². The van der Waals surface area contributed by atoms with Crippen LogP contribution in [0, 0.1) is 12.7 Å². The van der Waals surface area contributed by atoms with E-state index in [2.05, 4.69) is 0 Å². The van der Waals surface area contributed by atoms with Crippen LogP contribution in [0.4, 0.5) is 4.39 Å². The third-order valence-electron chi connectivity index (χ3n) is 2.20. The first kappa shape index (κ1) is 11.5. The van der Waals surface area contributed by atoms with E-state index in [1.165, 1.54) is 6.07 Å². The number of aryl methyl sites for hydroxylation is 1. The summed E-state index contributed by atoms with van der Waals surface area (Å²) in [5.74, 6) is -0.429. The molecule has 0 heterocycles. The van der Waals surface area contributed by atoms with Crippen molar-refractivity contribution in [2.24, 2.45) is 0 Å². The largest absolute Gasteiger partial charge is 0.388 e. The Labute approximate surface area is 88.5 Å². The van der Waals surface area contributed by atoms with Gasteiger partial charge in [0.25, 0.3) is 0 Å². The first-order valence-electron chi connectivity index (χ1n) is 4.69. The molecule has 0 saturated carbocycles. The van der Waals surface area contributed by atoms with E-state index in [1.54, 1.807) is 13.0 Å². The molecule has 0 bridgehead atoms. The van der Waals surface area contributed by atoms with Crippen LogP contribution < -0.4 is 0 Å². The maximum Gasteiger partial charge on any atom is 0.130 e. The van der Waals surface area contributed by atoms with Gasteiger partial charge in [-0.1, -0.05) is 24.9 Å². The number of rotatable bonds is 3. The molecule has 1 N–H and O–H groups in total. The Morgan fingerprint density at radius 3 is 2.71 bits per heavy atom. The molecule has 1 nitrogen and oxygen atoms in total. The van der Waals surface area contributed by atoms with Crippen LogP contribution in [0.5, 0.6) is 0 Å². The number of hydrogen-bond acceptors (Lipinski definition) is 1. The molecule has 0 aliphatic heterocycles. The Morgan fingerprint density at radius 1 is 1.50 bits per heavy atom. The summed E-state index contributed by atoms with van der Waals surface area (Å²) in [5, 5.41) is 10.0. The average Bonchev–Trinajstić information content (AvgIpc) is 2.11. The van der Waals surface area contributed by atoms with Crippen molar-refractivity contribution >= 4 is 11.6 Å². The van der Waals surface area contributed by atoms with E-state index in [1.807, 2.05) is 6.92 Å². The van der Waals surface area contributed by atoms with Crippen LogP contribution in [-0.2, 0) is 0 Å². The summed E-state index contributed by atoms with van der Waals surface area (Å²) in [4.78, 5) is 0. The highest BCUT2D eigenvalue weighted by Gasteiger charge is 2.13. The van der Waals surface area contributed by atoms with Crippen LogP contribution in [0.15, 0.2) is 12.1 Å². The molecule has 14 heavy (non-hydrogen) atoms. The van der Waals surface area contributed by atoms with Gasteiger partial charge >= 0.3 is 0 Å². The normalized spacial score (nSPS) is 12.9. The zero-order valence-corrected chi connectivity index (χ0v) is 9.11. The van der Waals surface area contributed by atoms with E-state index in [0.29, 0.717) is 17.0 Å². The fraction of sp³-hybridized carbons (Fsp3) is 0.455. The van der Waals surface area contributed by atoms with Crippen LogP contribution in [0.25, 0.3) is 0 Å². The summed E-state index contributed by atoms with van der Waals surface area (Å²) >= 11 is 5.75. The molecule has 3 heteroatoms. The molecule has 0 fully saturated rings. The number of benzene rings is 1. The molecular formula is C11H14ClFO. The summed E-state index contributed by atoms with van der Waals surface area (Å²) in [6.45, 7) is 3.74. The van der Waals surface area contributed by atoms with Gasteiger partial charge in [0.05, 0.1) is 6.10 Å². The van der Waals surface area contributed by atoms with Gasteiger partial charge in [-0.25, -0.2) is 4.39 Å². The minimum Gasteiger partial charge on any atom is -0.388 e. The number of halogens is 2. The lowest BCUT2D eigenvalue weighted by Gasteiger charge is -2.12. The maximum atomic E-state index is 13.4. The van der Waals surface area contributed by atoms with Crippen molar-refractivity contribution in [3.8, 4) is 0 Å². The Bertz CT molecular complexity index is 325. The predicted octanol–water partition coefficient (Wildman–Crippen LogP) is 3.62. The minimum atomic E-state index is -0.726.